The molecule has 4 rings (SSSR count). The zero-order valence-corrected chi connectivity index (χ0v) is 14.5. The number of carbonyl (C=O) groups excluding carboxylic acids is 1. The number of piperidine rings is 1. The van der Waals surface area contributed by atoms with E-state index < -0.39 is 0 Å². The van der Waals surface area contributed by atoms with Gasteiger partial charge < -0.3 is 9.64 Å². The second kappa shape index (κ2) is 6.93. The topological polar surface area (TPSA) is 42.4 Å². The molecular formula is C19H22N2O2S. The van der Waals surface area contributed by atoms with Crippen LogP contribution in [0, 0.1) is 0 Å². The van der Waals surface area contributed by atoms with E-state index in [1.807, 2.05) is 34.7 Å². The van der Waals surface area contributed by atoms with E-state index in [1.165, 1.54) is 10.6 Å². The first kappa shape index (κ1) is 15.6. The standard InChI is InChI=1S/C19H22N2O2S/c22-18(12-14-7-10-23-17-6-2-1-5-16(14)17)21-9-3-4-15(13-21)19-20-8-11-24-19/h1-2,5-6,8,11,14-15H,3-4,7,9-10,12-13H2/t14-,15+/m0/s1. The summed E-state index contributed by atoms with van der Waals surface area (Å²) in [5, 5.41) is 3.19. The van der Waals surface area contributed by atoms with Crippen molar-refractivity contribution in [2.24, 2.45) is 0 Å². The second-order valence-corrected chi connectivity index (χ2v) is 7.55. The van der Waals surface area contributed by atoms with E-state index in [-0.39, 0.29) is 11.8 Å². The first-order valence-electron chi connectivity index (χ1n) is 8.70. The number of para-hydroxylation sites is 1. The van der Waals surface area contributed by atoms with Crippen molar-refractivity contribution in [1.29, 1.82) is 0 Å². The van der Waals surface area contributed by atoms with Crippen LogP contribution in [-0.4, -0.2) is 35.5 Å². The molecule has 3 heterocycles. The highest BCUT2D eigenvalue weighted by molar-refractivity contribution is 7.09. The van der Waals surface area contributed by atoms with Crippen LogP contribution in [0.25, 0.3) is 0 Å². The van der Waals surface area contributed by atoms with Gasteiger partial charge in [0.25, 0.3) is 0 Å². The zero-order valence-electron chi connectivity index (χ0n) is 13.7. The Balaban J connectivity index is 1.43. The van der Waals surface area contributed by atoms with Crippen molar-refractivity contribution < 1.29 is 9.53 Å². The fourth-order valence-electron chi connectivity index (χ4n) is 3.81. The number of carbonyl (C=O) groups is 1. The third-order valence-electron chi connectivity index (χ3n) is 5.08. The molecule has 0 N–H and O–H groups in total. The van der Waals surface area contributed by atoms with Gasteiger partial charge >= 0.3 is 0 Å². The second-order valence-electron chi connectivity index (χ2n) is 6.63. The summed E-state index contributed by atoms with van der Waals surface area (Å²) in [6.45, 7) is 2.40. The first-order chi connectivity index (χ1) is 11.8. The molecule has 0 unspecified atom stereocenters. The number of thiazole rings is 1. The third-order valence-corrected chi connectivity index (χ3v) is 6.02. The van der Waals surface area contributed by atoms with Crippen LogP contribution in [0.15, 0.2) is 35.8 Å². The molecule has 24 heavy (non-hydrogen) atoms. The number of amides is 1. The maximum Gasteiger partial charge on any atom is 0.223 e. The van der Waals surface area contributed by atoms with E-state index in [2.05, 4.69) is 11.1 Å². The highest BCUT2D eigenvalue weighted by Crippen LogP contribution is 2.36. The van der Waals surface area contributed by atoms with E-state index in [9.17, 15) is 4.79 Å². The predicted molar refractivity (Wildman–Crippen MR) is 94.6 cm³/mol. The number of fused-ring (bicyclic) bond motifs is 1. The Labute approximate surface area is 146 Å². The normalized spacial score (nSPS) is 23.4. The summed E-state index contributed by atoms with van der Waals surface area (Å²) in [5.41, 5.74) is 1.19. The van der Waals surface area contributed by atoms with Crippen molar-refractivity contribution in [1.82, 2.24) is 9.88 Å². The lowest BCUT2D eigenvalue weighted by Crippen LogP contribution is -2.39. The summed E-state index contributed by atoms with van der Waals surface area (Å²) in [6, 6.07) is 8.13. The van der Waals surface area contributed by atoms with Crippen molar-refractivity contribution in [3.05, 3.63) is 46.4 Å². The molecule has 1 amide bonds. The lowest BCUT2D eigenvalue weighted by Gasteiger charge is -2.33. The molecule has 1 saturated heterocycles. The van der Waals surface area contributed by atoms with E-state index in [1.54, 1.807) is 11.3 Å². The number of benzene rings is 1. The molecule has 2 aliphatic heterocycles. The number of hydrogen-bond acceptors (Lipinski definition) is 4. The van der Waals surface area contributed by atoms with Gasteiger partial charge in [0, 0.05) is 37.0 Å². The van der Waals surface area contributed by atoms with Gasteiger partial charge in [-0.05, 0) is 36.8 Å². The van der Waals surface area contributed by atoms with E-state index in [0.717, 1.165) is 38.1 Å². The maximum absolute atomic E-state index is 12.9. The fourth-order valence-corrected chi connectivity index (χ4v) is 4.58. The number of aromatic nitrogens is 1. The van der Waals surface area contributed by atoms with E-state index >= 15 is 0 Å². The molecule has 5 heteroatoms. The van der Waals surface area contributed by atoms with Gasteiger partial charge in [0.15, 0.2) is 0 Å². The van der Waals surface area contributed by atoms with Crippen molar-refractivity contribution >= 4 is 17.2 Å². The summed E-state index contributed by atoms with van der Waals surface area (Å²) in [4.78, 5) is 19.4. The molecule has 126 valence electrons. The monoisotopic (exact) mass is 342 g/mol. The van der Waals surface area contributed by atoms with Gasteiger partial charge in [-0.3, -0.25) is 4.79 Å². The lowest BCUT2D eigenvalue weighted by molar-refractivity contribution is -0.133. The summed E-state index contributed by atoms with van der Waals surface area (Å²) in [5.74, 6) is 1.91. The molecule has 0 saturated carbocycles. The van der Waals surface area contributed by atoms with E-state index in [4.69, 9.17) is 4.74 Å². The van der Waals surface area contributed by atoms with Crippen LogP contribution in [0.4, 0.5) is 0 Å². The van der Waals surface area contributed by atoms with Gasteiger partial charge in [0.1, 0.15) is 5.75 Å². The molecule has 1 aromatic carbocycles. The zero-order chi connectivity index (χ0) is 16.4. The molecule has 2 atom stereocenters. The highest BCUT2D eigenvalue weighted by Gasteiger charge is 2.29. The van der Waals surface area contributed by atoms with Crippen LogP contribution in [0.2, 0.25) is 0 Å². The smallest absolute Gasteiger partial charge is 0.223 e. The molecule has 0 bridgehead atoms. The SMILES string of the molecule is O=C(C[C@@H]1CCOc2ccccc21)N1CCC[C@@H](c2nccs2)C1. The largest absolute Gasteiger partial charge is 0.493 e. The van der Waals surface area contributed by atoms with Crippen LogP contribution in [0.3, 0.4) is 0 Å². The Morgan fingerprint density at radius 1 is 1.33 bits per heavy atom. The molecule has 0 aliphatic carbocycles. The summed E-state index contributed by atoms with van der Waals surface area (Å²) in [7, 11) is 0. The van der Waals surface area contributed by atoms with Crippen molar-refractivity contribution in [3.8, 4) is 5.75 Å². The van der Waals surface area contributed by atoms with Crippen LogP contribution in [0.5, 0.6) is 5.75 Å². The Morgan fingerprint density at radius 3 is 3.12 bits per heavy atom. The quantitative estimate of drug-likeness (QED) is 0.852. The average molecular weight is 342 g/mol. The molecular weight excluding hydrogens is 320 g/mol. The highest BCUT2D eigenvalue weighted by atomic mass is 32.1. The minimum Gasteiger partial charge on any atom is -0.493 e. The van der Waals surface area contributed by atoms with Gasteiger partial charge in [0.05, 0.1) is 11.6 Å². The first-order valence-corrected chi connectivity index (χ1v) is 9.58. The maximum atomic E-state index is 12.9. The van der Waals surface area contributed by atoms with Crippen molar-refractivity contribution in [3.63, 3.8) is 0 Å². The minimum absolute atomic E-state index is 0.276. The Morgan fingerprint density at radius 2 is 2.25 bits per heavy atom. The van der Waals surface area contributed by atoms with Crippen LogP contribution in [0.1, 0.15) is 48.1 Å². The minimum atomic E-state index is 0.276. The Hall–Kier alpha value is -1.88. The van der Waals surface area contributed by atoms with E-state index in [0.29, 0.717) is 18.9 Å². The Kier molecular flexibility index (Phi) is 4.52. The molecule has 2 aromatic rings. The predicted octanol–water partition coefficient (Wildman–Crippen LogP) is 3.81. The fraction of sp³-hybridized carbons (Fsp3) is 0.474. The number of ether oxygens (including phenoxy) is 1. The van der Waals surface area contributed by atoms with Crippen molar-refractivity contribution in [2.75, 3.05) is 19.7 Å². The molecule has 0 radical (unpaired) electrons. The molecule has 2 aliphatic rings. The molecule has 0 spiro atoms. The average Bonchev–Trinajstić information content (AvgIpc) is 3.17. The molecule has 1 aromatic heterocycles. The van der Waals surface area contributed by atoms with Crippen LogP contribution < -0.4 is 4.74 Å². The van der Waals surface area contributed by atoms with Gasteiger partial charge in [-0.1, -0.05) is 18.2 Å². The number of rotatable bonds is 3. The molecule has 1 fully saturated rings. The van der Waals surface area contributed by atoms with Crippen LogP contribution in [-0.2, 0) is 4.79 Å². The van der Waals surface area contributed by atoms with Gasteiger partial charge in [-0.2, -0.15) is 0 Å². The Bertz CT molecular complexity index is 701. The van der Waals surface area contributed by atoms with Crippen LogP contribution >= 0.6 is 11.3 Å². The number of hydrogen-bond donors (Lipinski definition) is 0. The molecule has 4 nitrogen and oxygen atoms in total. The lowest BCUT2D eigenvalue weighted by atomic mass is 9.89. The number of nitrogens with zero attached hydrogens (tertiary/aromatic N) is 2. The summed E-state index contributed by atoms with van der Waals surface area (Å²) in [6.07, 6.45) is 5.58. The summed E-state index contributed by atoms with van der Waals surface area (Å²) < 4.78 is 5.71. The van der Waals surface area contributed by atoms with Gasteiger partial charge in [-0.15, -0.1) is 11.3 Å². The van der Waals surface area contributed by atoms with Gasteiger partial charge in [-0.25, -0.2) is 4.98 Å². The number of likely N-dealkylation sites (tertiary alicyclic amines) is 1. The summed E-state index contributed by atoms with van der Waals surface area (Å²) >= 11 is 1.70. The third kappa shape index (κ3) is 3.18. The van der Waals surface area contributed by atoms with Gasteiger partial charge in [0.2, 0.25) is 5.91 Å². The van der Waals surface area contributed by atoms with Crippen molar-refractivity contribution in [2.45, 2.75) is 37.5 Å².